The van der Waals surface area contributed by atoms with Gasteiger partial charge >= 0.3 is 18.3 Å². The van der Waals surface area contributed by atoms with Gasteiger partial charge in [0, 0.05) is 42.3 Å². The molecule has 2 atom stereocenters. The Kier molecular flexibility index (Phi) is 11.9. The number of Topliss-reactive ketones (excluding diaryl/α,β-unsaturated/α-hetero) is 1. The number of carbonyl (C=O) groups is 2. The fourth-order valence-electron chi connectivity index (χ4n) is 6.66. The molecule has 1 N–H and O–H groups in total. The number of rotatable bonds is 13. The first-order chi connectivity index (χ1) is 23.6. The fraction of sp³-hybridized carbons (Fsp3) is 0.486. The molecule has 0 bridgehead atoms. The predicted octanol–water partition coefficient (Wildman–Crippen LogP) is 8.81. The molecule has 14 heteroatoms. The molecule has 278 valence electrons. The summed E-state index contributed by atoms with van der Waals surface area (Å²) in [5, 5.41) is 9.75. The van der Waals surface area contributed by atoms with Gasteiger partial charge in [0.25, 0.3) is 5.56 Å². The van der Waals surface area contributed by atoms with E-state index in [2.05, 4.69) is 0 Å². The smallest absolute Gasteiger partial charge is 0.419 e. The Morgan fingerprint density at radius 1 is 0.882 bits per heavy atom. The van der Waals surface area contributed by atoms with E-state index in [1.54, 1.807) is 39.8 Å². The van der Waals surface area contributed by atoms with Crippen LogP contribution < -0.4 is 5.56 Å². The van der Waals surface area contributed by atoms with Crippen LogP contribution in [0.25, 0.3) is 11.1 Å². The lowest BCUT2D eigenvalue weighted by Crippen LogP contribution is -2.39. The molecule has 0 spiro atoms. The van der Waals surface area contributed by atoms with Crippen molar-refractivity contribution in [3.8, 4) is 11.1 Å². The van der Waals surface area contributed by atoms with Gasteiger partial charge < -0.3 is 14.6 Å². The lowest BCUT2D eigenvalue weighted by molar-refractivity contribution is -0.140. The number of carbonyl (C=O) groups excluding carboxylic acids is 1. The van der Waals surface area contributed by atoms with Crippen molar-refractivity contribution in [2.45, 2.75) is 91.0 Å². The van der Waals surface area contributed by atoms with E-state index >= 15 is 8.78 Å². The van der Waals surface area contributed by atoms with Gasteiger partial charge in [-0.1, -0.05) is 26.0 Å². The molecule has 0 saturated carbocycles. The van der Waals surface area contributed by atoms with Gasteiger partial charge in [0.05, 0.1) is 23.6 Å². The second kappa shape index (κ2) is 15.3. The Bertz CT molecular complexity index is 1860. The maximum atomic E-state index is 16.5. The molecule has 4 rings (SSSR count). The van der Waals surface area contributed by atoms with Gasteiger partial charge in [0.15, 0.2) is 5.78 Å². The summed E-state index contributed by atoms with van der Waals surface area (Å²) in [6.45, 7) is 9.64. The number of hydrogen-bond acceptors (Lipinski definition) is 4. The first-order valence-corrected chi connectivity index (χ1v) is 16.6. The van der Waals surface area contributed by atoms with Gasteiger partial charge in [0.1, 0.15) is 11.6 Å². The first kappa shape index (κ1) is 39.7. The van der Waals surface area contributed by atoms with Crippen molar-refractivity contribution in [3.63, 3.8) is 0 Å². The van der Waals surface area contributed by atoms with E-state index in [4.69, 9.17) is 0 Å². The third kappa shape index (κ3) is 8.88. The average Bonchev–Trinajstić information content (AvgIpc) is 2.97. The average molecular weight is 729 g/mol. The Balaban J connectivity index is 1.89. The Morgan fingerprint density at radius 3 is 2.02 bits per heavy atom. The number of carboxylic acid groups (broad SMARTS) is 1. The van der Waals surface area contributed by atoms with Crippen LogP contribution in [-0.4, -0.2) is 46.0 Å². The standard InChI is InChI=1S/C37H40F8N2O4/c1-19(2)13-28(47-18-23(9-12-46-10-6-11-46)26(17-30(47)49)36(40,41)42)29(48)14-24(15-31(50)51)33-34(38)25(16-27(35(33)39)37(43,44)45)32-21(4)8-7-20(3)22(32)5/h7-8,16-19,24,28H,6,9-15H2,1-5H3,(H,50,51)/t24-,28?/m0/s1. The lowest BCUT2D eigenvalue weighted by Gasteiger charge is -2.31. The highest BCUT2D eigenvalue weighted by Crippen LogP contribution is 2.44. The minimum Gasteiger partial charge on any atom is -0.481 e. The summed E-state index contributed by atoms with van der Waals surface area (Å²) in [6, 6.07) is 2.40. The number of nitrogens with zero attached hydrogens (tertiary/aromatic N) is 2. The van der Waals surface area contributed by atoms with Crippen molar-refractivity contribution in [2.75, 3.05) is 19.6 Å². The molecule has 0 aliphatic carbocycles. The summed E-state index contributed by atoms with van der Waals surface area (Å²) >= 11 is 0. The highest BCUT2D eigenvalue weighted by atomic mass is 19.4. The molecule has 1 aliphatic rings. The van der Waals surface area contributed by atoms with E-state index in [0.717, 1.165) is 17.2 Å². The van der Waals surface area contributed by atoms with Crippen LogP contribution in [0.2, 0.25) is 0 Å². The molecule has 6 nitrogen and oxygen atoms in total. The Morgan fingerprint density at radius 2 is 1.49 bits per heavy atom. The summed E-state index contributed by atoms with van der Waals surface area (Å²) in [5.41, 5.74) is -4.99. The number of alkyl halides is 6. The van der Waals surface area contributed by atoms with Crippen LogP contribution in [0, 0.1) is 38.3 Å². The Labute approximate surface area is 290 Å². The van der Waals surface area contributed by atoms with Crippen LogP contribution in [0.3, 0.4) is 0 Å². The van der Waals surface area contributed by atoms with Gasteiger partial charge in [-0.05, 0) is 92.9 Å². The maximum Gasteiger partial charge on any atom is 0.419 e. The second-order valence-corrected chi connectivity index (χ2v) is 13.7. The first-order valence-electron chi connectivity index (χ1n) is 16.6. The van der Waals surface area contributed by atoms with Gasteiger partial charge in [0.2, 0.25) is 0 Å². The molecule has 0 radical (unpaired) electrons. The van der Waals surface area contributed by atoms with Crippen LogP contribution in [0.1, 0.15) is 90.4 Å². The minimum atomic E-state index is -5.34. The van der Waals surface area contributed by atoms with Crippen LogP contribution >= 0.6 is 0 Å². The number of aromatic nitrogens is 1. The van der Waals surface area contributed by atoms with E-state index in [-0.39, 0.29) is 36.4 Å². The molecule has 3 aromatic rings. The quantitative estimate of drug-likeness (QED) is 0.178. The number of halogens is 8. The minimum absolute atomic E-state index is 0.0411. The molecule has 1 unspecified atom stereocenters. The molecule has 1 saturated heterocycles. The van der Waals surface area contributed by atoms with Crippen molar-refractivity contribution >= 4 is 11.8 Å². The number of benzene rings is 2. The number of likely N-dealkylation sites (tertiary alicyclic amines) is 1. The molecule has 0 amide bonds. The topological polar surface area (TPSA) is 79.6 Å². The Hall–Kier alpha value is -4.07. The van der Waals surface area contributed by atoms with Crippen LogP contribution in [0.5, 0.6) is 0 Å². The zero-order valence-electron chi connectivity index (χ0n) is 28.9. The molecule has 1 aromatic heterocycles. The number of pyridine rings is 1. The van der Waals surface area contributed by atoms with E-state index in [9.17, 15) is 45.8 Å². The normalized spacial score (nSPS) is 15.2. The monoisotopic (exact) mass is 728 g/mol. The zero-order valence-corrected chi connectivity index (χ0v) is 28.9. The SMILES string of the molecule is Cc1ccc(C)c(-c2cc(C(F)(F)F)c(F)c([C@H](CC(=O)O)CC(=O)C(CC(C)C)n3cc(CCN4CCC4)c(C(F)(F)F)cc3=O)c2F)c1C. The molecule has 51 heavy (non-hydrogen) atoms. The predicted molar refractivity (Wildman–Crippen MR) is 175 cm³/mol. The van der Waals surface area contributed by atoms with Crippen LogP contribution in [0.15, 0.2) is 35.3 Å². The van der Waals surface area contributed by atoms with Crippen molar-refractivity contribution < 1.29 is 49.8 Å². The fourth-order valence-corrected chi connectivity index (χ4v) is 6.66. The van der Waals surface area contributed by atoms with Crippen LogP contribution in [0.4, 0.5) is 35.1 Å². The third-order valence-corrected chi connectivity index (χ3v) is 9.55. The molecule has 1 fully saturated rings. The summed E-state index contributed by atoms with van der Waals surface area (Å²) in [5.74, 6) is -8.55. The maximum absolute atomic E-state index is 16.5. The van der Waals surface area contributed by atoms with Crippen molar-refractivity contribution in [1.29, 1.82) is 0 Å². The summed E-state index contributed by atoms with van der Waals surface area (Å²) < 4.78 is 118. The van der Waals surface area contributed by atoms with Crippen molar-refractivity contribution in [3.05, 3.63) is 91.4 Å². The second-order valence-electron chi connectivity index (χ2n) is 13.7. The highest BCUT2D eigenvalue weighted by molar-refractivity contribution is 5.84. The van der Waals surface area contributed by atoms with Gasteiger partial charge in [-0.25, -0.2) is 8.78 Å². The summed E-state index contributed by atoms with van der Waals surface area (Å²) in [4.78, 5) is 41.2. The van der Waals surface area contributed by atoms with Crippen molar-refractivity contribution in [2.24, 2.45) is 5.92 Å². The van der Waals surface area contributed by atoms with Crippen molar-refractivity contribution in [1.82, 2.24) is 9.47 Å². The van der Waals surface area contributed by atoms with E-state index in [1.165, 1.54) is 6.92 Å². The molecule has 1 aliphatic heterocycles. The number of aliphatic carboxylic acids is 1. The molecule has 2 heterocycles. The number of aryl methyl sites for hydroxylation is 2. The summed E-state index contributed by atoms with van der Waals surface area (Å²) in [6.07, 6.45) is -10.9. The zero-order chi connectivity index (χ0) is 38.2. The number of hydrogen-bond donors (Lipinski definition) is 1. The van der Waals surface area contributed by atoms with Gasteiger partial charge in [-0.15, -0.1) is 0 Å². The van der Waals surface area contributed by atoms with Gasteiger partial charge in [-0.3, -0.25) is 14.4 Å². The van der Waals surface area contributed by atoms with Gasteiger partial charge in [-0.2, -0.15) is 26.3 Å². The molecular formula is C37H40F8N2O4. The largest absolute Gasteiger partial charge is 0.481 e. The highest BCUT2D eigenvalue weighted by Gasteiger charge is 2.41. The van der Waals surface area contributed by atoms with E-state index < -0.39 is 88.4 Å². The molecular weight excluding hydrogens is 688 g/mol. The molecule has 2 aromatic carbocycles. The van der Waals surface area contributed by atoms with Crippen LogP contribution in [-0.2, 0) is 28.4 Å². The number of carboxylic acids is 1. The number of ketones is 1. The third-order valence-electron chi connectivity index (χ3n) is 9.55. The summed E-state index contributed by atoms with van der Waals surface area (Å²) in [7, 11) is 0. The lowest BCUT2D eigenvalue weighted by atomic mass is 9.82. The van der Waals surface area contributed by atoms with E-state index in [0.29, 0.717) is 41.9 Å². The van der Waals surface area contributed by atoms with E-state index in [1.807, 2.05) is 4.90 Å².